The van der Waals surface area contributed by atoms with Crippen molar-refractivity contribution in [3.63, 3.8) is 0 Å². The Kier molecular flexibility index (Phi) is 5.63. The van der Waals surface area contributed by atoms with Crippen molar-refractivity contribution < 1.29 is 14.3 Å². The molecule has 7 heteroatoms. The van der Waals surface area contributed by atoms with E-state index in [9.17, 15) is 9.59 Å². The Hall–Kier alpha value is -3.45. The van der Waals surface area contributed by atoms with Gasteiger partial charge in [-0.25, -0.2) is 4.68 Å². The van der Waals surface area contributed by atoms with Crippen LogP contribution in [0, 0.1) is 0 Å². The first-order valence-corrected chi connectivity index (χ1v) is 8.39. The van der Waals surface area contributed by atoms with Gasteiger partial charge in [-0.05, 0) is 29.8 Å². The van der Waals surface area contributed by atoms with E-state index in [4.69, 9.17) is 4.74 Å². The first-order valence-electron chi connectivity index (χ1n) is 8.39. The van der Waals surface area contributed by atoms with E-state index in [2.05, 4.69) is 15.7 Å². The van der Waals surface area contributed by atoms with Crippen LogP contribution in [-0.4, -0.2) is 28.7 Å². The minimum absolute atomic E-state index is 0.194. The molecule has 0 radical (unpaired) electrons. The number of rotatable bonds is 6. The van der Waals surface area contributed by atoms with E-state index in [-0.39, 0.29) is 17.5 Å². The molecule has 0 atom stereocenters. The van der Waals surface area contributed by atoms with Gasteiger partial charge in [0, 0.05) is 25.8 Å². The average Bonchev–Trinajstić information content (AvgIpc) is 3.06. The Morgan fingerprint density at radius 3 is 2.52 bits per heavy atom. The Bertz CT molecular complexity index is 951. The Morgan fingerprint density at radius 1 is 1.04 bits per heavy atom. The third-order valence-electron chi connectivity index (χ3n) is 3.74. The zero-order chi connectivity index (χ0) is 19.2. The highest BCUT2D eigenvalue weighted by Gasteiger charge is 2.16. The summed E-state index contributed by atoms with van der Waals surface area (Å²) >= 11 is 0. The quantitative estimate of drug-likeness (QED) is 0.703. The maximum Gasteiger partial charge on any atom is 0.276 e. The van der Waals surface area contributed by atoms with Crippen molar-refractivity contribution in [1.82, 2.24) is 9.78 Å². The van der Waals surface area contributed by atoms with E-state index in [1.807, 2.05) is 48.5 Å². The van der Waals surface area contributed by atoms with Crippen molar-refractivity contribution in [2.75, 3.05) is 17.7 Å². The molecule has 27 heavy (non-hydrogen) atoms. The molecule has 7 nitrogen and oxygen atoms in total. The number of nitrogens with zero attached hydrogens (tertiary/aromatic N) is 2. The maximum absolute atomic E-state index is 12.6. The van der Waals surface area contributed by atoms with Gasteiger partial charge >= 0.3 is 0 Å². The molecule has 2 N–H and O–H groups in total. The summed E-state index contributed by atoms with van der Waals surface area (Å²) in [6.07, 6.45) is 0. The Morgan fingerprint density at radius 2 is 1.81 bits per heavy atom. The summed E-state index contributed by atoms with van der Waals surface area (Å²) in [5.41, 5.74) is 2.52. The fourth-order valence-electron chi connectivity index (χ4n) is 2.63. The van der Waals surface area contributed by atoms with Crippen LogP contribution in [0.1, 0.15) is 23.0 Å². The fourth-order valence-corrected chi connectivity index (χ4v) is 2.63. The molecule has 3 aromatic rings. The summed E-state index contributed by atoms with van der Waals surface area (Å²) in [5, 5.41) is 9.87. The second-order valence-electron chi connectivity index (χ2n) is 5.93. The summed E-state index contributed by atoms with van der Waals surface area (Å²) in [6, 6.07) is 18.2. The van der Waals surface area contributed by atoms with E-state index in [0.29, 0.717) is 18.1 Å². The summed E-state index contributed by atoms with van der Waals surface area (Å²) in [7, 11) is 1.62. The lowest BCUT2D eigenvalue weighted by atomic mass is 10.2. The zero-order valence-electron chi connectivity index (χ0n) is 15.1. The molecule has 0 fully saturated rings. The fraction of sp³-hybridized carbons (Fsp3) is 0.150. The van der Waals surface area contributed by atoms with Gasteiger partial charge in [-0.2, -0.15) is 5.10 Å². The van der Waals surface area contributed by atoms with Crippen LogP contribution in [0.15, 0.2) is 60.7 Å². The third kappa shape index (κ3) is 4.59. The number of amides is 2. The van der Waals surface area contributed by atoms with E-state index in [1.165, 1.54) is 11.6 Å². The molecule has 1 heterocycles. The van der Waals surface area contributed by atoms with Crippen LogP contribution < -0.4 is 10.6 Å². The van der Waals surface area contributed by atoms with Crippen molar-refractivity contribution in [1.29, 1.82) is 0 Å². The first-order chi connectivity index (χ1) is 13.1. The molecule has 1 aromatic heterocycles. The second kappa shape index (κ2) is 8.29. The molecule has 2 amide bonds. The molecule has 0 aliphatic rings. The molecule has 0 saturated heterocycles. The van der Waals surface area contributed by atoms with Gasteiger partial charge in [0.25, 0.3) is 5.91 Å². The zero-order valence-corrected chi connectivity index (χ0v) is 15.1. The summed E-state index contributed by atoms with van der Waals surface area (Å²) in [4.78, 5) is 24.1. The van der Waals surface area contributed by atoms with Gasteiger partial charge < -0.3 is 15.4 Å². The lowest BCUT2D eigenvalue weighted by molar-refractivity contribution is -0.114. The minimum Gasteiger partial charge on any atom is -0.380 e. The Balaban J connectivity index is 1.87. The molecular weight excluding hydrogens is 344 g/mol. The number of aromatic nitrogens is 2. The number of ether oxygens (including phenoxy) is 1. The normalized spacial score (nSPS) is 10.4. The molecule has 138 valence electrons. The van der Waals surface area contributed by atoms with E-state index in [1.54, 1.807) is 19.2 Å². The van der Waals surface area contributed by atoms with Gasteiger partial charge in [-0.1, -0.05) is 30.3 Å². The van der Waals surface area contributed by atoms with Crippen LogP contribution in [0.4, 0.5) is 11.5 Å². The molecule has 0 aliphatic carbocycles. The number of para-hydroxylation sites is 1. The van der Waals surface area contributed by atoms with Crippen LogP contribution in [0.2, 0.25) is 0 Å². The van der Waals surface area contributed by atoms with Gasteiger partial charge in [-0.3, -0.25) is 9.59 Å². The van der Waals surface area contributed by atoms with Crippen LogP contribution in [0.3, 0.4) is 0 Å². The number of hydrogen-bond acceptors (Lipinski definition) is 4. The number of carbonyl (C=O) groups excluding carboxylic acids is 2. The van der Waals surface area contributed by atoms with Gasteiger partial charge in [0.1, 0.15) is 5.82 Å². The molecule has 0 bridgehead atoms. The topological polar surface area (TPSA) is 85.3 Å². The summed E-state index contributed by atoms with van der Waals surface area (Å²) in [6.45, 7) is 1.86. The van der Waals surface area contributed by atoms with Crippen molar-refractivity contribution in [2.45, 2.75) is 13.5 Å². The predicted molar refractivity (Wildman–Crippen MR) is 103 cm³/mol. The van der Waals surface area contributed by atoms with Gasteiger partial charge in [-0.15, -0.1) is 0 Å². The molecule has 3 rings (SSSR count). The van der Waals surface area contributed by atoms with Crippen LogP contribution >= 0.6 is 0 Å². The number of carbonyl (C=O) groups is 2. The number of hydrogen-bond donors (Lipinski definition) is 2. The summed E-state index contributed by atoms with van der Waals surface area (Å²) in [5.74, 6) is -0.191. The summed E-state index contributed by atoms with van der Waals surface area (Å²) < 4.78 is 6.63. The molecule has 0 saturated carbocycles. The molecule has 2 aromatic carbocycles. The lowest BCUT2D eigenvalue weighted by Gasteiger charge is -2.07. The van der Waals surface area contributed by atoms with Crippen molar-refractivity contribution in [3.8, 4) is 5.69 Å². The minimum atomic E-state index is -0.370. The largest absolute Gasteiger partial charge is 0.380 e. The van der Waals surface area contributed by atoms with E-state index in [0.717, 1.165) is 11.3 Å². The number of anilines is 2. The standard InChI is InChI=1S/C20H20N4O3/c1-14(25)21-19-12-18(23-24(19)17-9-4-3-5-10-17)20(26)22-16-8-6-7-15(11-16)13-27-2/h3-12H,13H2,1-2H3,(H,21,25)(H,22,26). The van der Waals surface area contributed by atoms with Crippen molar-refractivity contribution >= 4 is 23.3 Å². The number of methoxy groups -OCH3 is 1. The maximum atomic E-state index is 12.6. The van der Waals surface area contributed by atoms with Gasteiger partial charge in [0.15, 0.2) is 5.69 Å². The smallest absolute Gasteiger partial charge is 0.276 e. The number of benzene rings is 2. The first kappa shape index (κ1) is 18.3. The monoisotopic (exact) mass is 364 g/mol. The highest BCUT2D eigenvalue weighted by Crippen LogP contribution is 2.19. The van der Waals surface area contributed by atoms with Gasteiger partial charge in [0.2, 0.25) is 5.91 Å². The van der Waals surface area contributed by atoms with Crippen molar-refractivity contribution in [3.05, 3.63) is 71.9 Å². The predicted octanol–water partition coefficient (Wildman–Crippen LogP) is 3.23. The van der Waals surface area contributed by atoms with E-state index < -0.39 is 0 Å². The highest BCUT2D eigenvalue weighted by molar-refractivity contribution is 6.04. The number of nitrogens with one attached hydrogen (secondary N) is 2. The molecule has 0 unspecified atom stereocenters. The van der Waals surface area contributed by atoms with Crippen molar-refractivity contribution in [2.24, 2.45) is 0 Å². The van der Waals surface area contributed by atoms with Gasteiger partial charge in [0.05, 0.1) is 12.3 Å². The lowest BCUT2D eigenvalue weighted by Crippen LogP contribution is -2.13. The average molecular weight is 364 g/mol. The van der Waals surface area contributed by atoms with Crippen LogP contribution in [0.5, 0.6) is 0 Å². The van der Waals surface area contributed by atoms with Crippen LogP contribution in [-0.2, 0) is 16.1 Å². The second-order valence-corrected chi connectivity index (χ2v) is 5.93. The molecule has 0 aliphatic heterocycles. The van der Waals surface area contributed by atoms with Crippen LogP contribution in [0.25, 0.3) is 5.69 Å². The molecular formula is C20H20N4O3. The van der Waals surface area contributed by atoms with E-state index >= 15 is 0 Å². The highest BCUT2D eigenvalue weighted by atomic mass is 16.5. The Labute approximate surface area is 157 Å². The third-order valence-corrected chi connectivity index (χ3v) is 3.74. The SMILES string of the molecule is COCc1cccc(NC(=O)c2cc(NC(C)=O)n(-c3ccccc3)n2)c1. The molecule has 0 spiro atoms.